The molecule has 4 rings (SSSR count). The summed E-state index contributed by atoms with van der Waals surface area (Å²) in [5, 5.41) is 0. The van der Waals surface area contributed by atoms with Crippen molar-refractivity contribution < 1.29 is 0 Å². The first-order chi connectivity index (χ1) is 11.8. The maximum atomic E-state index is 4.95. The van der Waals surface area contributed by atoms with Gasteiger partial charge in [0.25, 0.3) is 0 Å². The van der Waals surface area contributed by atoms with E-state index in [0.717, 1.165) is 40.5 Å². The first-order valence-corrected chi connectivity index (χ1v) is 8.13. The highest BCUT2D eigenvalue weighted by Crippen LogP contribution is 2.30. The molecular weight excluding hydrogens is 296 g/mol. The molecule has 2 heterocycles. The highest BCUT2D eigenvalue weighted by Gasteiger charge is 2.17. The van der Waals surface area contributed by atoms with Gasteiger partial charge in [-0.15, -0.1) is 0 Å². The molecule has 0 unspecified atom stereocenters. The Kier molecular flexibility index (Phi) is 3.58. The summed E-state index contributed by atoms with van der Waals surface area (Å²) in [6.45, 7) is 4.93. The molecule has 0 N–H and O–H groups in total. The summed E-state index contributed by atoms with van der Waals surface area (Å²) in [7, 11) is 0. The third-order valence-electron chi connectivity index (χ3n) is 4.18. The lowest BCUT2D eigenvalue weighted by Crippen LogP contribution is -2.00. The zero-order valence-electron chi connectivity index (χ0n) is 13.8. The average molecular weight is 314 g/mol. The fraction of sp³-hybridized carbons (Fsp3) is 0.150. The quantitative estimate of drug-likeness (QED) is 0.559. The van der Waals surface area contributed by atoms with E-state index in [-0.39, 0.29) is 0 Å². The van der Waals surface area contributed by atoms with Crippen molar-refractivity contribution in [2.24, 2.45) is 0 Å². The van der Waals surface area contributed by atoms with Crippen molar-refractivity contribution in [2.45, 2.75) is 20.4 Å². The Morgan fingerprint density at radius 3 is 1.83 bits per heavy atom. The van der Waals surface area contributed by atoms with Crippen molar-refractivity contribution in [2.75, 3.05) is 0 Å². The Morgan fingerprint density at radius 2 is 1.29 bits per heavy atom. The highest BCUT2D eigenvalue weighted by molar-refractivity contribution is 5.83. The normalized spacial score (nSPS) is 11.1. The van der Waals surface area contributed by atoms with Crippen molar-refractivity contribution in [3.05, 3.63) is 66.5 Å². The van der Waals surface area contributed by atoms with Gasteiger partial charge in [0.2, 0.25) is 0 Å². The Morgan fingerprint density at radius 1 is 0.750 bits per heavy atom. The summed E-state index contributed by atoms with van der Waals surface area (Å²) < 4.78 is 2.10. The van der Waals surface area contributed by atoms with Crippen LogP contribution in [0.1, 0.15) is 12.7 Å². The number of fused-ring (bicyclic) bond motifs is 1. The zero-order valence-corrected chi connectivity index (χ0v) is 13.8. The van der Waals surface area contributed by atoms with E-state index in [0.29, 0.717) is 5.65 Å². The molecule has 0 atom stereocenters. The van der Waals surface area contributed by atoms with Gasteiger partial charge in [-0.25, -0.2) is 15.0 Å². The lowest BCUT2D eigenvalue weighted by molar-refractivity contribution is 0.746. The number of aryl methyl sites for hydroxylation is 2. The second-order valence-electron chi connectivity index (χ2n) is 5.70. The molecule has 4 aromatic rings. The second kappa shape index (κ2) is 5.89. The number of rotatable bonds is 3. The van der Waals surface area contributed by atoms with E-state index in [2.05, 4.69) is 40.7 Å². The van der Waals surface area contributed by atoms with Gasteiger partial charge in [-0.2, -0.15) is 0 Å². The molecule has 4 nitrogen and oxygen atoms in total. The van der Waals surface area contributed by atoms with Gasteiger partial charge in [0, 0.05) is 17.7 Å². The number of imidazole rings is 1. The molecule has 2 aromatic heterocycles. The summed E-state index contributed by atoms with van der Waals surface area (Å²) >= 11 is 0. The van der Waals surface area contributed by atoms with Crippen LogP contribution in [0, 0.1) is 6.92 Å². The van der Waals surface area contributed by atoms with E-state index in [1.54, 1.807) is 0 Å². The maximum absolute atomic E-state index is 4.95. The lowest BCUT2D eigenvalue weighted by Gasteiger charge is -2.09. The third-order valence-corrected chi connectivity index (χ3v) is 4.18. The third kappa shape index (κ3) is 2.36. The fourth-order valence-corrected chi connectivity index (χ4v) is 3.01. The smallest absolute Gasteiger partial charge is 0.198 e. The van der Waals surface area contributed by atoms with Crippen molar-refractivity contribution in [1.29, 1.82) is 0 Å². The van der Waals surface area contributed by atoms with Crippen molar-refractivity contribution >= 4 is 11.3 Å². The van der Waals surface area contributed by atoms with Crippen LogP contribution in [-0.4, -0.2) is 19.5 Å². The predicted octanol–water partition coefficient (Wildman–Crippen LogP) is 4.49. The number of nitrogens with zero attached hydrogens (tertiary/aromatic N) is 4. The predicted molar refractivity (Wildman–Crippen MR) is 96.6 cm³/mol. The average Bonchev–Trinajstić information content (AvgIpc) is 2.96. The summed E-state index contributed by atoms with van der Waals surface area (Å²) in [6.07, 6.45) is 0. The van der Waals surface area contributed by atoms with Crippen molar-refractivity contribution in [1.82, 2.24) is 19.5 Å². The van der Waals surface area contributed by atoms with Gasteiger partial charge in [0.15, 0.2) is 11.3 Å². The van der Waals surface area contributed by atoms with Crippen LogP contribution in [0.2, 0.25) is 0 Å². The molecule has 4 heteroatoms. The molecular formula is C20H18N4. The van der Waals surface area contributed by atoms with Gasteiger partial charge in [0.1, 0.15) is 5.82 Å². The van der Waals surface area contributed by atoms with Gasteiger partial charge >= 0.3 is 0 Å². The highest BCUT2D eigenvalue weighted by atomic mass is 15.2. The zero-order chi connectivity index (χ0) is 16.5. The molecule has 118 valence electrons. The van der Waals surface area contributed by atoms with Crippen molar-refractivity contribution in [3.8, 4) is 22.5 Å². The van der Waals surface area contributed by atoms with Gasteiger partial charge in [-0.3, -0.25) is 0 Å². The molecule has 0 saturated heterocycles. The Balaban J connectivity index is 2.06. The minimum absolute atomic E-state index is 0.702. The number of aromatic nitrogens is 4. The van der Waals surface area contributed by atoms with Crippen LogP contribution in [0.25, 0.3) is 33.8 Å². The first-order valence-electron chi connectivity index (χ1n) is 8.13. The van der Waals surface area contributed by atoms with Crippen molar-refractivity contribution in [3.63, 3.8) is 0 Å². The van der Waals surface area contributed by atoms with Crippen LogP contribution >= 0.6 is 0 Å². The molecule has 0 aliphatic rings. The topological polar surface area (TPSA) is 43.6 Å². The van der Waals surface area contributed by atoms with E-state index in [1.165, 1.54) is 0 Å². The van der Waals surface area contributed by atoms with E-state index in [9.17, 15) is 0 Å². The van der Waals surface area contributed by atoms with Gasteiger partial charge in [-0.1, -0.05) is 60.7 Å². The fourth-order valence-electron chi connectivity index (χ4n) is 3.01. The Bertz CT molecular complexity index is 989. The summed E-state index contributed by atoms with van der Waals surface area (Å²) in [6, 6.07) is 20.4. The molecule has 0 amide bonds. The van der Waals surface area contributed by atoms with Crippen LogP contribution in [0.15, 0.2) is 60.7 Å². The first kappa shape index (κ1) is 14.6. The van der Waals surface area contributed by atoms with Gasteiger partial charge in [0.05, 0.1) is 11.4 Å². The largest absolute Gasteiger partial charge is 0.312 e. The Labute approximate surface area is 140 Å². The van der Waals surface area contributed by atoms with E-state index in [1.807, 2.05) is 43.3 Å². The SMILES string of the molecule is CCn1c(C)nc2nc(-c3ccccc3)c(-c3ccccc3)nc21. The van der Waals surface area contributed by atoms with Crippen LogP contribution < -0.4 is 0 Å². The van der Waals surface area contributed by atoms with E-state index in [4.69, 9.17) is 9.97 Å². The van der Waals surface area contributed by atoms with Crippen LogP contribution in [0.5, 0.6) is 0 Å². The molecule has 0 saturated carbocycles. The minimum atomic E-state index is 0.702. The minimum Gasteiger partial charge on any atom is -0.312 e. The summed E-state index contributed by atoms with van der Waals surface area (Å²) in [5.41, 5.74) is 5.42. The molecule has 0 fully saturated rings. The molecule has 2 aromatic carbocycles. The second-order valence-corrected chi connectivity index (χ2v) is 5.70. The standard InChI is InChI=1S/C20H18N4/c1-3-24-14(2)21-19-20(24)23-18(16-12-8-5-9-13-16)17(22-19)15-10-6-4-7-11-15/h4-13H,3H2,1-2H3. The molecule has 0 radical (unpaired) electrons. The summed E-state index contributed by atoms with van der Waals surface area (Å²) in [4.78, 5) is 14.4. The maximum Gasteiger partial charge on any atom is 0.198 e. The summed E-state index contributed by atoms with van der Waals surface area (Å²) in [5.74, 6) is 0.941. The van der Waals surface area contributed by atoms with Crippen LogP contribution in [0.3, 0.4) is 0 Å². The van der Waals surface area contributed by atoms with Crippen LogP contribution in [0.4, 0.5) is 0 Å². The van der Waals surface area contributed by atoms with Gasteiger partial charge in [-0.05, 0) is 13.8 Å². The van der Waals surface area contributed by atoms with E-state index >= 15 is 0 Å². The Hall–Kier alpha value is -3.01. The number of hydrogen-bond acceptors (Lipinski definition) is 3. The number of benzene rings is 2. The molecule has 24 heavy (non-hydrogen) atoms. The number of hydrogen-bond donors (Lipinski definition) is 0. The molecule has 0 aliphatic carbocycles. The van der Waals surface area contributed by atoms with Gasteiger partial charge < -0.3 is 4.57 Å². The molecule has 0 spiro atoms. The monoisotopic (exact) mass is 314 g/mol. The van der Waals surface area contributed by atoms with E-state index < -0.39 is 0 Å². The molecule has 0 aliphatic heterocycles. The molecule has 0 bridgehead atoms. The lowest BCUT2D eigenvalue weighted by atomic mass is 10.0. The van der Waals surface area contributed by atoms with Crippen LogP contribution in [-0.2, 0) is 6.54 Å².